The number of hydrogen-bond acceptors (Lipinski definition) is 4. The Labute approximate surface area is 152 Å². The maximum absolute atomic E-state index is 11.5. The van der Waals surface area contributed by atoms with Gasteiger partial charge in [0.15, 0.2) is 5.11 Å². The van der Waals surface area contributed by atoms with Crippen LogP contribution in [0.2, 0.25) is 0 Å². The summed E-state index contributed by atoms with van der Waals surface area (Å²) in [4.78, 5) is 11.5. The van der Waals surface area contributed by atoms with Crippen LogP contribution < -0.4 is 16.3 Å². The van der Waals surface area contributed by atoms with E-state index in [-0.39, 0.29) is 5.63 Å². The fraction of sp³-hybridized carbons (Fsp3) is 0.188. The Morgan fingerprint density at radius 2 is 2.25 bits per heavy atom. The highest BCUT2D eigenvalue weighted by molar-refractivity contribution is 9.10. The minimum atomic E-state index is -0.358. The van der Waals surface area contributed by atoms with Crippen LogP contribution in [-0.2, 0) is 6.54 Å². The molecule has 0 aliphatic carbocycles. The summed E-state index contributed by atoms with van der Waals surface area (Å²) < 4.78 is 7.98. The SMILES string of the molecule is Cc1cc(=O)oc2cc(NC(=S)NCCn3cc(Br)cn3)ccc12. The molecule has 0 aliphatic rings. The number of aromatic nitrogens is 2. The van der Waals surface area contributed by atoms with E-state index >= 15 is 0 Å². The highest BCUT2D eigenvalue weighted by Gasteiger charge is 2.04. The summed E-state index contributed by atoms with van der Waals surface area (Å²) in [5, 5.41) is 11.8. The molecule has 0 fully saturated rings. The van der Waals surface area contributed by atoms with Crippen molar-refractivity contribution in [3.8, 4) is 0 Å². The summed E-state index contributed by atoms with van der Waals surface area (Å²) in [6.45, 7) is 3.22. The van der Waals surface area contributed by atoms with Gasteiger partial charge in [0.2, 0.25) is 0 Å². The van der Waals surface area contributed by atoms with Crippen molar-refractivity contribution >= 4 is 49.9 Å². The molecule has 2 heterocycles. The first-order valence-electron chi connectivity index (χ1n) is 7.28. The molecule has 8 heteroatoms. The van der Waals surface area contributed by atoms with E-state index in [1.54, 1.807) is 12.3 Å². The standard InChI is InChI=1S/C16H15BrN4O2S/c1-10-6-15(22)23-14-7-12(2-3-13(10)14)20-16(24)18-4-5-21-9-11(17)8-19-21/h2-3,6-9H,4-5H2,1H3,(H2,18,20,24). The van der Waals surface area contributed by atoms with Gasteiger partial charge >= 0.3 is 5.63 Å². The van der Waals surface area contributed by atoms with Gasteiger partial charge in [-0.25, -0.2) is 4.79 Å². The molecule has 2 N–H and O–H groups in total. The van der Waals surface area contributed by atoms with E-state index in [0.29, 0.717) is 23.8 Å². The number of nitrogens with zero attached hydrogens (tertiary/aromatic N) is 2. The number of thiocarbonyl (C=S) groups is 1. The fourth-order valence-electron chi connectivity index (χ4n) is 2.32. The minimum absolute atomic E-state index is 0.358. The summed E-state index contributed by atoms with van der Waals surface area (Å²) in [5.41, 5.74) is 1.83. The number of rotatable bonds is 4. The number of benzene rings is 1. The Bertz CT molecular complexity index is 951. The first-order valence-corrected chi connectivity index (χ1v) is 8.49. The van der Waals surface area contributed by atoms with Crippen LogP contribution in [0.5, 0.6) is 0 Å². The summed E-state index contributed by atoms with van der Waals surface area (Å²) in [7, 11) is 0. The van der Waals surface area contributed by atoms with E-state index in [0.717, 1.165) is 21.1 Å². The minimum Gasteiger partial charge on any atom is -0.423 e. The monoisotopic (exact) mass is 406 g/mol. The number of halogens is 1. The molecule has 3 rings (SSSR count). The third-order valence-electron chi connectivity index (χ3n) is 3.44. The highest BCUT2D eigenvalue weighted by atomic mass is 79.9. The molecular formula is C16H15BrN4O2S. The molecule has 0 saturated heterocycles. The number of fused-ring (bicyclic) bond motifs is 1. The summed E-state index contributed by atoms with van der Waals surface area (Å²) in [5.74, 6) is 0. The van der Waals surface area contributed by atoms with Crippen molar-refractivity contribution < 1.29 is 4.42 Å². The average molecular weight is 407 g/mol. The molecule has 0 amide bonds. The Morgan fingerprint density at radius 3 is 3.00 bits per heavy atom. The molecule has 0 aliphatic heterocycles. The highest BCUT2D eigenvalue weighted by Crippen LogP contribution is 2.20. The van der Waals surface area contributed by atoms with E-state index in [1.807, 2.05) is 29.9 Å². The van der Waals surface area contributed by atoms with Crippen LogP contribution in [0, 0.1) is 6.92 Å². The van der Waals surface area contributed by atoms with Gasteiger partial charge in [0.1, 0.15) is 5.58 Å². The Balaban J connectivity index is 1.61. The molecule has 6 nitrogen and oxygen atoms in total. The molecule has 24 heavy (non-hydrogen) atoms. The predicted octanol–water partition coefficient (Wildman–Crippen LogP) is 3.05. The van der Waals surface area contributed by atoms with E-state index < -0.39 is 0 Å². The van der Waals surface area contributed by atoms with Crippen molar-refractivity contribution in [1.82, 2.24) is 15.1 Å². The third-order valence-corrected chi connectivity index (χ3v) is 4.09. The maximum Gasteiger partial charge on any atom is 0.336 e. The molecule has 1 aromatic carbocycles. The first kappa shape index (κ1) is 16.7. The van der Waals surface area contributed by atoms with Gasteiger partial charge in [-0.15, -0.1) is 0 Å². The molecule has 0 unspecified atom stereocenters. The topological polar surface area (TPSA) is 72.1 Å². The van der Waals surface area contributed by atoms with Crippen LogP contribution in [0.25, 0.3) is 11.0 Å². The molecule has 3 aromatic rings. The van der Waals surface area contributed by atoms with E-state index in [4.69, 9.17) is 16.6 Å². The largest absolute Gasteiger partial charge is 0.423 e. The Kier molecular flexibility index (Phi) is 4.96. The average Bonchev–Trinajstić information content (AvgIpc) is 2.92. The second kappa shape index (κ2) is 7.14. The van der Waals surface area contributed by atoms with Crippen LogP contribution in [0.4, 0.5) is 5.69 Å². The second-order valence-electron chi connectivity index (χ2n) is 5.26. The van der Waals surface area contributed by atoms with Gasteiger partial charge in [0.05, 0.1) is 17.2 Å². The van der Waals surface area contributed by atoms with Gasteiger partial charge in [0.25, 0.3) is 0 Å². The number of aryl methyl sites for hydroxylation is 1. The van der Waals surface area contributed by atoms with Gasteiger partial charge < -0.3 is 15.1 Å². The van der Waals surface area contributed by atoms with Crippen molar-refractivity contribution in [3.05, 3.63) is 57.1 Å². The lowest BCUT2D eigenvalue weighted by atomic mass is 10.1. The number of anilines is 1. The zero-order valence-corrected chi connectivity index (χ0v) is 15.3. The normalized spacial score (nSPS) is 10.8. The molecule has 0 radical (unpaired) electrons. The third kappa shape index (κ3) is 4.01. The van der Waals surface area contributed by atoms with E-state index in [9.17, 15) is 4.79 Å². The van der Waals surface area contributed by atoms with Crippen molar-refractivity contribution in [2.24, 2.45) is 0 Å². The molecule has 124 valence electrons. The van der Waals surface area contributed by atoms with Crippen molar-refractivity contribution in [2.75, 3.05) is 11.9 Å². The van der Waals surface area contributed by atoms with Crippen molar-refractivity contribution in [2.45, 2.75) is 13.5 Å². The van der Waals surface area contributed by atoms with Crippen LogP contribution in [-0.4, -0.2) is 21.4 Å². The van der Waals surface area contributed by atoms with Crippen LogP contribution in [0.3, 0.4) is 0 Å². The van der Waals surface area contributed by atoms with Gasteiger partial charge in [-0.2, -0.15) is 5.10 Å². The number of nitrogens with one attached hydrogen (secondary N) is 2. The van der Waals surface area contributed by atoms with Gasteiger partial charge in [-0.1, -0.05) is 0 Å². The molecule has 0 atom stereocenters. The van der Waals surface area contributed by atoms with Crippen LogP contribution >= 0.6 is 28.1 Å². The molecule has 0 spiro atoms. The van der Waals surface area contributed by atoms with Gasteiger partial charge in [0, 0.05) is 35.9 Å². The zero-order chi connectivity index (χ0) is 17.1. The summed E-state index contributed by atoms with van der Waals surface area (Å²) in [6.07, 6.45) is 3.63. The maximum atomic E-state index is 11.5. The molecule has 0 bridgehead atoms. The Morgan fingerprint density at radius 1 is 1.42 bits per heavy atom. The van der Waals surface area contributed by atoms with Crippen LogP contribution in [0.15, 0.2) is 50.3 Å². The fourth-order valence-corrected chi connectivity index (χ4v) is 2.87. The quantitative estimate of drug-likeness (QED) is 0.512. The van der Waals surface area contributed by atoms with Crippen LogP contribution in [0.1, 0.15) is 5.56 Å². The van der Waals surface area contributed by atoms with Crippen molar-refractivity contribution in [1.29, 1.82) is 0 Å². The molecular weight excluding hydrogens is 392 g/mol. The van der Waals surface area contributed by atoms with Crippen molar-refractivity contribution in [3.63, 3.8) is 0 Å². The van der Waals surface area contributed by atoms with E-state index in [2.05, 4.69) is 31.7 Å². The number of hydrogen-bond donors (Lipinski definition) is 2. The summed E-state index contributed by atoms with van der Waals surface area (Å²) in [6, 6.07) is 7.05. The second-order valence-corrected chi connectivity index (χ2v) is 6.59. The smallest absolute Gasteiger partial charge is 0.336 e. The van der Waals surface area contributed by atoms with E-state index in [1.165, 1.54) is 6.07 Å². The lowest BCUT2D eigenvalue weighted by Gasteiger charge is -2.11. The Hall–Kier alpha value is -2.19. The first-order chi connectivity index (χ1) is 11.5. The lowest BCUT2D eigenvalue weighted by Crippen LogP contribution is -2.31. The van der Waals surface area contributed by atoms with Gasteiger partial charge in [-0.05, 0) is 52.8 Å². The summed E-state index contributed by atoms with van der Waals surface area (Å²) >= 11 is 8.63. The zero-order valence-electron chi connectivity index (χ0n) is 12.9. The lowest BCUT2D eigenvalue weighted by molar-refractivity contribution is 0.560. The molecule has 0 saturated carbocycles. The predicted molar refractivity (Wildman–Crippen MR) is 101 cm³/mol. The van der Waals surface area contributed by atoms with Gasteiger partial charge in [-0.3, -0.25) is 4.68 Å². The molecule has 2 aromatic heterocycles.